The molecule has 1 fully saturated rings. The minimum atomic E-state index is -0.659. The first-order valence-corrected chi connectivity index (χ1v) is 6.38. The van der Waals surface area contributed by atoms with Gasteiger partial charge in [0.15, 0.2) is 5.84 Å². The zero-order valence-electron chi connectivity index (χ0n) is 11.6. The normalized spacial score (nSPS) is 22.5. The molecule has 1 heterocycles. The van der Waals surface area contributed by atoms with Crippen molar-refractivity contribution in [2.75, 3.05) is 13.6 Å². The van der Waals surface area contributed by atoms with Crippen molar-refractivity contribution in [3.05, 3.63) is 0 Å². The molecular weight excluding hydrogens is 248 g/mol. The first kappa shape index (κ1) is 15.3. The van der Waals surface area contributed by atoms with Crippen LogP contribution < -0.4 is 11.1 Å². The van der Waals surface area contributed by atoms with E-state index in [9.17, 15) is 9.59 Å². The fourth-order valence-corrected chi connectivity index (χ4v) is 2.26. The number of nitrogens with one attached hydrogen (secondary N) is 1. The van der Waals surface area contributed by atoms with Gasteiger partial charge in [-0.15, -0.1) is 0 Å². The lowest BCUT2D eigenvalue weighted by Gasteiger charge is -2.31. The number of hydrogen-bond acceptors (Lipinski definition) is 4. The van der Waals surface area contributed by atoms with Gasteiger partial charge in [0.25, 0.3) is 0 Å². The topological polar surface area (TPSA) is 108 Å². The average Bonchev–Trinajstić information content (AvgIpc) is 2.33. The first-order valence-electron chi connectivity index (χ1n) is 6.38. The largest absolute Gasteiger partial charge is 0.409 e. The second kappa shape index (κ2) is 6.40. The van der Waals surface area contributed by atoms with Crippen molar-refractivity contribution >= 4 is 17.6 Å². The van der Waals surface area contributed by atoms with E-state index in [2.05, 4.69) is 10.5 Å². The summed E-state index contributed by atoms with van der Waals surface area (Å²) >= 11 is 0. The minimum Gasteiger partial charge on any atom is -0.409 e. The molecule has 7 heteroatoms. The monoisotopic (exact) mass is 270 g/mol. The summed E-state index contributed by atoms with van der Waals surface area (Å²) in [5, 5.41) is 14.5. The maximum absolute atomic E-state index is 12.2. The third kappa shape index (κ3) is 3.84. The fraction of sp³-hybridized carbons (Fsp3) is 0.750. The molecule has 0 spiro atoms. The van der Waals surface area contributed by atoms with Crippen LogP contribution in [0.25, 0.3) is 0 Å². The van der Waals surface area contributed by atoms with Gasteiger partial charge in [-0.25, -0.2) is 0 Å². The molecule has 0 bridgehead atoms. The van der Waals surface area contributed by atoms with Gasteiger partial charge in [-0.05, 0) is 12.3 Å². The van der Waals surface area contributed by atoms with Crippen molar-refractivity contribution in [1.29, 1.82) is 0 Å². The van der Waals surface area contributed by atoms with Crippen LogP contribution >= 0.6 is 0 Å². The van der Waals surface area contributed by atoms with Crippen molar-refractivity contribution in [3.8, 4) is 0 Å². The van der Waals surface area contributed by atoms with Crippen LogP contribution in [0.3, 0.4) is 0 Å². The van der Waals surface area contributed by atoms with E-state index < -0.39 is 5.92 Å². The number of carbonyl (C=O) groups is 2. The molecule has 0 saturated carbocycles. The van der Waals surface area contributed by atoms with Gasteiger partial charge in [-0.1, -0.05) is 19.0 Å². The molecule has 1 rings (SSSR count). The zero-order chi connectivity index (χ0) is 14.6. The summed E-state index contributed by atoms with van der Waals surface area (Å²) in [6, 6.07) is -0.0806. The Morgan fingerprint density at radius 2 is 2.21 bits per heavy atom. The summed E-state index contributed by atoms with van der Waals surface area (Å²) in [6.07, 6.45) is 1.05. The van der Waals surface area contributed by atoms with E-state index in [1.807, 2.05) is 13.8 Å². The van der Waals surface area contributed by atoms with Crippen molar-refractivity contribution in [2.24, 2.45) is 22.7 Å². The van der Waals surface area contributed by atoms with Crippen molar-refractivity contribution in [2.45, 2.75) is 32.7 Å². The highest BCUT2D eigenvalue weighted by atomic mass is 16.4. The van der Waals surface area contributed by atoms with Gasteiger partial charge in [0.05, 0.1) is 0 Å². The number of amides is 2. The van der Waals surface area contributed by atoms with Gasteiger partial charge in [-0.2, -0.15) is 0 Å². The highest BCUT2D eigenvalue weighted by molar-refractivity contribution is 6.02. The smallest absolute Gasteiger partial charge is 0.231 e. The van der Waals surface area contributed by atoms with E-state index in [1.165, 1.54) is 0 Å². The van der Waals surface area contributed by atoms with Gasteiger partial charge in [0.2, 0.25) is 11.8 Å². The lowest BCUT2D eigenvalue weighted by Crippen LogP contribution is -2.52. The highest BCUT2D eigenvalue weighted by Crippen LogP contribution is 2.14. The molecule has 19 heavy (non-hydrogen) atoms. The lowest BCUT2D eigenvalue weighted by atomic mass is 9.93. The van der Waals surface area contributed by atoms with Crippen LogP contribution in [-0.4, -0.2) is 47.4 Å². The number of nitrogens with zero attached hydrogens (tertiary/aromatic N) is 2. The molecule has 4 N–H and O–H groups in total. The van der Waals surface area contributed by atoms with E-state index in [-0.39, 0.29) is 29.6 Å². The Morgan fingerprint density at radius 1 is 1.58 bits per heavy atom. The maximum atomic E-state index is 12.2. The first-order chi connectivity index (χ1) is 8.86. The lowest BCUT2D eigenvalue weighted by molar-refractivity contribution is -0.134. The Balaban J connectivity index is 2.65. The number of piperidine rings is 1. The van der Waals surface area contributed by atoms with Crippen LogP contribution in [0.15, 0.2) is 5.16 Å². The van der Waals surface area contributed by atoms with Crippen LogP contribution in [0.2, 0.25) is 0 Å². The molecule has 1 aliphatic rings. The minimum absolute atomic E-state index is 0.0705. The molecule has 7 nitrogen and oxygen atoms in total. The third-order valence-electron chi connectivity index (χ3n) is 3.36. The summed E-state index contributed by atoms with van der Waals surface area (Å²) in [5.74, 6) is -1.00. The number of nitrogens with two attached hydrogens (primary N) is 1. The number of likely N-dealkylation sites (N-methyl/N-ethyl adjacent to an activating group) is 1. The Labute approximate surface area is 112 Å². The summed E-state index contributed by atoms with van der Waals surface area (Å²) in [6.45, 7) is 4.16. The number of carbonyl (C=O) groups excluding carboxylic acids is 2. The summed E-state index contributed by atoms with van der Waals surface area (Å²) in [7, 11) is 1.71. The van der Waals surface area contributed by atoms with Crippen molar-refractivity contribution < 1.29 is 14.8 Å². The molecule has 0 aromatic carbocycles. The molecule has 0 radical (unpaired) electrons. The van der Waals surface area contributed by atoms with E-state index >= 15 is 0 Å². The SMILES string of the molecule is CC(C)C(C(=O)NC1CCC(=O)N(C)C1)C(N)=NO. The average molecular weight is 270 g/mol. The number of oxime groups is 1. The van der Waals surface area contributed by atoms with E-state index in [0.29, 0.717) is 19.4 Å². The molecule has 2 amide bonds. The predicted molar refractivity (Wildman–Crippen MR) is 70.5 cm³/mol. The van der Waals surface area contributed by atoms with Crippen LogP contribution in [0.1, 0.15) is 26.7 Å². The van der Waals surface area contributed by atoms with Crippen LogP contribution in [-0.2, 0) is 9.59 Å². The summed E-state index contributed by atoms with van der Waals surface area (Å²) in [5.41, 5.74) is 5.55. The van der Waals surface area contributed by atoms with E-state index in [1.54, 1.807) is 11.9 Å². The van der Waals surface area contributed by atoms with Gasteiger partial charge in [0.1, 0.15) is 5.92 Å². The molecule has 0 aromatic rings. The molecule has 108 valence electrons. The van der Waals surface area contributed by atoms with E-state index in [4.69, 9.17) is 10.9 Å². The van der Waals surface area contributed by atoms with Crippen molar-refractivity contribution in [1.82, 2.24) is 10.2 Å². The zero-order valence-corrected chi connectivity index (χ0v) is 11.6. The number of rotatable bonds is 4. The van der Waals surface area contributed by atoms with Crippen molar-refractivity contribution in [3.63, 3.8) is 0 Å². The number of amidine groups is 1. The molecule has 1 saturated heterocycles. The third-order valence-corrected chi connectivity index (χ3v) is 3.36. The number of likely N-dealkylation sites (tertiary alicyclic amines) is 1. The molecule has 2 atom stereocenters. The van der Waals surface area contributed by atoms with Gasteiger partial charge >= 0.3 is 0 Å². The Kier molecular flexibility index (Phi) is 5.14. The fourth-order valence-electron chi connectivity index (χ4n) is 2.26. The van der Waals surface area contributed by atoms with Gasteiger partial charge in [-0.3, -0.25) is 9.59 Å². The van der Waals surface area contributed by atoms with Gasteiger partial charge < -0.3 is 21.2 Å². The van der Waals surface area contributed by atoms with Crippen LogP contribution in [0.4, 0.5) is 0 Å². The quantitative estimate of drug-likeness (QED) is 0.283. The standard InChI is InChI=1S/C12H22N4O3/c1-7(2)10(11(13)15-19)12(18)14-8-4-5-9(17)16(3)6-8/h7-8,10,19H,4-6H2,1-3H3,(H2,13,15)(H,14,18). The second-order valence-corrected chi connectivity index (χ2v) is 5.27. The van der Waals surface area contributed by atoms with Crippen LogP contribution in [0, 0.1) is 11.8 Å². The number of hydrogen-bond donors (Lipinski definition) is 3. The van der Waals surface area contributed by atoms with Crippen LogP contribution in [0.5, 0.6) is 0 Å². The maximum Gasteiger partial charge on any atom is 0.231 e. The molecule has 1 aliphatic heterocycles. The van der Waals surface area contributed by atoms with E-state index in [0.717, 1.165) is 0 Å². The summed E-state index contributed by atoms with van der Waals surface area (Å²) < 4.78 is 0. The van der Waals surface area contributed by atoms with Gasteiger partial charge in [0, 0.05) is 26.1 Å². The predicted octanol–water partition coefficient (Wildman–Crippen LogP) is -0.258. The molecular formula is C12H22N4O3. The Morgan fingerprint density at radius 3 is 2.68 bits per heavy atom. The molecule has 0 aromatic heterocycles. The Bertz CT molecular complexity index is 381. The summed E-state index contributed by atoms with van der Waals surface area (Å²) in [4.78, 5) is 25.1. The Hall–Kier alpha value is -1.79. The second-order valence-electron chi connectivity index (χ2n) is 5.27. The molecule has 0 aliphatic carbocycles. The molecule has 2 unspecified atom stereocenters. The highest BCUT2D eigenvalue weighted by Gasteiger charge is 2.30.